The third kappa shape index (κ3) is 3.39. The fourth-order valence-corrected chi connectivity index (χ4v) is 2.43. The number of esters is 1. The molecule has 2 heterocycles. The van der Waals surface area contributed by atoms with Gasteiger partial charge in [0.05, 0.1) is 19.5 Å². The van der Waals surface area contributed by atoms with Crippen molar-refractivity contribution in [2.45, 2.75) is 13.0 Å². The highest BCUT2D eigenvalue weighted by atomic mass is 32.1. The molecule has 0 aromatic carbocycles. The maximum atomic E-state index is 11.4. The summed E-state index contributed by atoms with van der Waals surface area (Å²) in [5, 5.41) is 8.15. The Labute approximate surface area is 115 Å². The molecule has 0 aliphatic heterocycles. The molecule has 0 aliphatic carbocycles. The Morgan fingerprint density at radius 2 is 2.37 bits per heavy atom. The van der Waals surface area contributed by atoms with Crippen LogP contribution in [-0.4, -0.2) is 41.4 Å². The van der Waals surface area contributed by atoms with Gasteiger partial charge in [-0.2, -0.15) is 5.10 Å². The molecular formula is C12H16N4O2S. The number of methoxy groups -OCH3 is 1. The lowest BCUT2D eigenvalue weighted by Crippen LogP contribution is -2.11. The van der Waals surface area contributed by atoms with Gasteiger partial charge in [-0.1, -0.05) is 0 Å². The molecule has 0 radical (unpaired) electrons. The van der Waals surface area contributed by atoms with Gasteiger partial charge in [0.15, 0.2) is 0 Å². The summed E-state index contributed by atoms with van der Waals surface area (Å²) in [6, 6.07) is 0. The number of ether oxygens (including phenoxy) is 1. The Balaban J connectivity index is 2.05. The topological polar surface area (TPSA) is 69.0 Å². The predicted octanol–water partition coefficient (Wildman–Crippen LogP) is 1.40. The molecule has 2 aromatic rings. The quantitative estimate of drug-likeness (QED) is 0.640. The Hall–Kier alpha value is -1.73. The zero-order valence-electron chi connectivity index (χ0n) is 10.9. The summed E-state index contributed by atoms with van der Waals surface area (Å²) in [6.45, 7) is 1.81. The van der Waals surface area contributed by atoms with E-state index in [4.69, 9.17) is 0 Å². The summed E-state index contributed by atoms with van der Waals surface area (Å²) < 4.78 is 6.54. The van der Waals surface area contributed by atoms with Crippen molar-refractivity contribution in [1.29, 1.82) is 0 Å². The summed E-state index contributed by atoms with van der Waals surface area (Å²) in [6.07, 6.45) is 6.25. The molecule has 0 aliphatic rings. The van der Waals surface area contributed by atoms with Crippen LogP contribution in [0, 0.1) is 0 Å². The highest BCUT2D eigenvalue weighted by Crippen LogP contribution is 2.25. The van der Waals surface area contributed by atoms with Crippen LogP contribution < -0.4 is 5.32 Å². The van der Waals surface area contributed by atoms with E-state index < -0.39 is 0 Å². The van der Waals surface area contributed by atoms with E-state index in [1.54, 1.807) is 6.20 Å². The van der Waals surface area contributed by atoms with Crippen LogP contribution in [0.3, 0.4) is 0 Å². The maximum absolute atomic E-state index is 11.4. The van der Waals surface area contributed by atoms with Crippen molar-refractivity contribution in [3.05, 3.63) is 23.5 Å². The SMILES string of the molecule is CNCCCn1cc(-c2ncc(C(=O)OC)s2)cn1. The monoisotopic (exact) mass is 280 g/mol. The Bertz CT molecular complexity index is 549. The Morgan fingerprint density at radius 3 is 3.11 bits per heavy atom. The van der Waals surface area contributed by atoms with E-state index in [9.17, 15) is 4.79 Å². The number of aromatic nitrogens is 3. The van der Waals surface area contributed by atoms with Gasteiger partial charge in [-0.05, 0) is 20.0 Å². The third-order valence-corrected chi connectivity index (χ3v) is 3.61. The van der Waals surface area contributed by atoms with Gasteiger partial charge >= 0.3 is 5.97 Å². The second-order valence-electron chi connectivity index (χ2n) is 3.97. The van der Waals surface area contributed by atoms with Gasteiger partial charge in [-0.3, -0.25) is 4.68 Å². The van der Waals surface area contributed by atoms with Crippen LogP contribution in [0.4, 0.5) is 0 Å². The summed E-state index contributed by atoms with van der Waals surface area (Å²) >= 11 is 1.31. The number of carbonyl (C=O) groups is 1. The summed E-state index contributed by atoms with van der Waals surface area (Å²) in [5.74, 6) is -0.356. The molecule has 0 atom stereocenters. The van der Waals surface area contributed by atoms with Crippen LogP contribution in [0.15, 0.2) is 18.6 Å². The first-order chi connectivity index (χ1) is 9.24. The second-order valence-corrected chi connectivity index (χ2v) is 5.00. The van der Waals surface area contributed by atoms with Gasteiger partial charge in [-0.15, -0.1) is 11.3 Å². The molecule has 2 rings (SSSR count). The van der Waals surface area contributed by atoms with Crippen molar-refractivity contribution in [3.8, 4) is 10.6 Å². The normalized spacial score (nSPS) is 10.6. The van der Waals surface area contributed by atoms with E-state index in [1.807, 2.05) is 17.9 Å². The second kappa shape index (κ2) is 6.44. The summed E-state index contributed by atoms with van der Waals surface area (Å²) in [4.78, 5) is 16.1. The van der Waals surface area contributed by atoms with E-state index in [-0.39, 0.29) is 5.97 Å². The molecular weight excluding hydrogens is 264 g/mol. The van der Waals surface area contributed by atoms with Gasteiger partial charge in [0, 0.05) is 18.3 Å². The zero-order valence-corrected chi connectivity index (χ0v) is 11.7. The molecule has 0 saturated heterocycles. The molecule has 2 aromatic heterocycles. The minimum atomic E-state index is -0.356. The van der Waals surface area contributed by atoms with Crippen LogP contribution in [0.2, 0.25) is 0 Å². The van der Waals surface area contributed by atoms with Crippen molar-refractivity contribution >= 4 is 17.3 Å². The fourth-order valence-electron chi connectivity index (χ4n) is 1.62. The van der Waals surface area contributed by atoms with E-state index >= 15 is 0 Å². The molecule has 6 nitrogen and oxygen atoms in total. The lowest BCUT2D eigenvalue weighted by atomic mass is 10.4. The minimum absolute atomic E-state index is 0.356. The standard InChI is InChI=1S/C12H16N4O2S/c1-13-4-3-5-16-8-9(6-15-16)11-14-7-10(19-11)12(17)18-2/h6-8,13H,3-5H2,1-2H3. The molecule has 1 N–H and O–H groups in total. The van der Waals surface area contributed by atoms with Crippen molar-refractivity contribution in [2.75, 3.05) is 20.7 Å². The van der Waals surface area contributed by atoms with Gasteiger partial charge in [0.25, 0.3) is 0 Å². The van der Waals surface area contributed by atoms with Gasteiger partial charge in [0.1, 0.15) is 9.88 Å². The van der Waals surface area contributed by atoms with Crippen LogP contribution in [0.1, 0.15) is 16.1 Å². The van der Waals surface area contributed by atoms with Crippen molar-refractivity contribution in [2.24, 2.45) is 0 Å². The van der Waals surface area contributed by atoms with Crippen molar-refractivity contribution in [3.63, 3.8) is 0 Å². The largest absolute Gasteiger partial charge is 0.465 e. The summed E-state index contributed by atoms with van der Waals surface area (Å²) in [5.41, 5.74) is 0.921. The molecule has 7 heteroatoms. The highest BCUT2D eigenvalue weighted by Gasteiger charge is 2.12. The number of thiazole rings is 1. The van der Waals surface area contributed by atoms with Crippen LogP contribution in [-0.2, 0) is 11.3 Å². The third-order valence-electron chi connectivity index (χ3n) is 2.59. The van der Waals surface area contributed by atoms with Crippen LogP contribution in [0.25, 0.3) is 10.6 Å². The predicted molar refractivity (Wildman–Crippen MR) is 73.2 cm³/mol. The van der Waals surface area contributed by atoms with Gasteiger partial charge in [-0.25, -0.2) is 9.78 Å². The number of nitrogens with one attached hydrogen (secondary N) is 1. The lowest BCUT2D eigenvalue weighted by Gasteiger charge is -1.99. The number of nitrogens with zero attached hydrogens (tertiary/aromatic N) is 3. The molecule has 0 unspecified atom stereocenters. The fraction of sp³-hybridized carbons (Fsp3) is 0.417. The molecule has 0 fully saturated rings. The first-order valence-corrected chi connectivity index (χ1v) is 6.78. The average Bonchev–Trinajstić information content (AvgIpc) is 3.06. The molecule has 0 spiro atoms. The Morgan fingerprint density at radius 1 is 1.53 bits per heavy atom. The average molecular weight is 280 g/mol. The number of aryl methyl sites for hydroxylation is 1. The minimum Gasteiger partial charge on any atom is -0.465 e. The maximum Gasteiger partial charge on any atom is 0.349 e. The van der Waals surface area contributed by atoms with E-state index in [0.29, 0.717) is 4.88 Å². The van der Waals surface area contributed by atoms with Gasteiger partial charge < -0.3 is 10.1 Å². The molecule has 0 saturated carbocycles. The molecule has 0 bridgehead atoms. The first kappa shape index (κ1) is 13.7. The first-order valence-electron chi connectivity index (χ1n) is 5.96. The van der Waals surface area contributed by atoms with Gasteiger partial charge in [0.2, 0.25) is 0 Å². The number of hydrogen-bond acceptors (Lipinski definition) is 6. The Kier molecular flexibility index (Phi) is 4.64. The zero-order chi connectivity index (χ0) is 13.7. The van der Waals surface area contributed by atoms with Crippen LogP contribution in [0.5, 0.6) is 0 Å². The van der Waals surface area contributed by atoms with Crippen molar-refractivity contribution < 1.29 is 9.53 Å². The summed E-state index contributed by atoms with van der Waals surface area (Å²) in [7, 11) is 3.29. The number of carbonyl (C=O) groups excluding carboxylic acids is 1. The molecule has 0 amide bonds. The number of hydrogen-bond donors (Lipinski definition) is 1. The van der Waals surface area contributed by atoms with Crippen molar-refractivity contribution in [1.82, 2.24) is 20.1 Å². The van der Waals surface area contributed by atoms with E-state index in [0.717, 1.165) is 30.1 Å². The highest BCUT2D eigenvalue weighted by molar-refractivity contribution is 7.16. The molecule has 102 valence electrons. The smallest absolute Gasteiger partial charge is 0.349 e. The molecule has 19 heavy (non-hydrogen) atoms. The number of rotatable bonds is 6. The van der Waals surface area contributed by atoms with E-state index in [1.165, 1.54) is 24.6 Å². The van der Waals surface area contributed by atoms with E-state index in [2.05, 4.69) is 20.1 Å². The van der Waals surface area contributed by atoms with Crippen LogP contribution >= 0.6 is 11.3 Å². The lowest BCUT2D eigenvalue weighted by molar-refractivity contribution is 0.0606.